The van der Waals surface area contributed by atoms with Crippen LogP contribution in [0.15, 0.2) is 0 Å². The lowest BCUT2D eigenvalue weighted by molar-refractivity contribution is 0.0361. The molecule has 0 aromatic heterocycles. The van der Waals surface area contributed by atoms with Crippen molar-refractivity contribution in [1.29, 1.82) is 0 Å². The highest BCUT2D eigenvalue weighted by Gasteiger charge is 2.43. The summed E-state index contributed by atoms with van der Waals surface area (Å²) >= 11 is 0. The van der Waals surface area contributed by atoms with E-state index in [0.717, 1.165) is 25.4 Å². The van der Waals surface area contributed by atoms with Crippen molar-refractivity contribution in [3.63, 3.8) is 0 Å². The van der Waals surface area contributed by atoms with E-state index in [4.69, 9.17) is 10.5 Å². The maximum atomic E-state index is 6.57. The quantitative estimate of drug-likeness (QED) is 0.782. The van der Waals surface area contributed by atoms with Crippen LogP contribution in [0.3, 0.4) is 0 Å². The Morgan fingerprint density at radius 2 is 2.00 bits per heavy atom. The molecular formula is C13H27NO. The standard InChI is InChI=1S/C13H27NO/c1-10-6-12(3,4)9-13(14,7-10)11(2)8-15-5/h10-11H,6-9,14H2,1-5H3. The fourth-order valence-corrected chi connectivity index (χ4v) is 3.49. The number of rotatable bonds is 3. The van der Waals surface area contributed by atoms with Crippen LogP contribution in [0.5, 0.6) is 0 Å². The molecule has 1 aliphatic carbocycles. The van der Waals surface area contributed by atoms with Gasteiger partial charge in [-0.1, -0.05) is 27.7 Å². The molecule has 0 heterocycles. The summed E-state index contributed by atoms with van der Waals surface area (Å²) in [5, 5.41) is 0. The lowest BCUT2D eigenvalue weighted by atomic mass is 9.61. The van der Waals surface area contributed by atoms with Gasteiger partial charge in [0.1, 0.15) is 0 Å². The Morgan fingerprint density at radius 3 is 2.47 bits per heavy atom. The van der Waals surface area contributed by atoms with Crippen LogP contribution >= 0.6 is 0 Å². The molecule has 1 fully saturated rings. The molecule has 2 nitrogen and oxygen atoms in total. The van der Waals surface area contributed by atoms with E-state index in [1.54, 1.807) is 7.11 Å². The van der Waals surface area contributed by atoms with Crippen molar-refractivity contribution in [1.82, 2.24) is 0 Å². The van der Waals surface area contributed by atoms with Crippen molar-refractivity contribution in [3.8, 4) is 0 Å². The van der Waals surface area contributed by atoms with Crippen molar-refractivity contribution in [2.24, 2.45) is 23.0 Å². The number of nitrogens with two attached hydrogens (primary N) is 1. The van der Waals surface area contributed by atoms with E-state index >= 15 is 0 Å². The van der Waals surface area contributed by atoms with Crippen LogP contribution < -0.4 is 5.73 Å². The second-order valence-electron chi connectivity index (χ2n) is 6.44. The molecule has 3 unspecified atom stereocenters. The summed E-state index contributed by atoms with van der Waals surface area (Å²) in [5.74, 6) is 1.18. The summed E-state index contributed by atoms with van der Waals surface area (Å²) in [4.78, 5) is 0. The Hall–Kier alpha value is -0.0800. The van der Waals surface area contributed by atoms with Crippen molar-refractivity contribution in [2.75, 3.05) is 13.7 Å². The monoisotopic (exact) mass is 213 g/mol. The van der Waals surface area contributed by atoms with E-state index < -0.39 is 0 Å². The molecule has 0 aromatic carbocycles. The third-order valence-electron chi connectivity index (χ3n) is 3.84. The van der Waals surface area contributed by atoms with Gasteiger partial charge in [-0.05, 0) is 36.5 Å². The van der Waals surface area contributed by atoms with Crippen molar-refractivity contribution in [3.05, 3.63) is 0 Å². The number of hydrogen-bond donors (Lipinski definition) is 1. The molecule has 0 aliphatic heterocycles. The molecule has 2 heteroatoms. The van der Waals surface area contributed by atoms with E-state index in [1.807, 2.05) is 0 Å². The van der Waals surface area contributed by atoms with Gasteiger partial charge in [0.25, 0.3) is 0 Å². The minimum Gasteiger partial charge on any atom is -0.384 e. The summed E-state index contributed by atoms with van der Waals surface area (Å²) in [6.07, 6.45) is 3.56. The molecule has 90 valence electrons. The summed E-state index contributed by atoms with van der Waals surface area (Å²) in [6.45, 7) is 9.99. The first kappa shape index (κ1) is 13.0. The normalized spacial score (nSPS) is 37.6. The topological polar surface area (TPSA) is 35.2 Å². The highest BCUT2D eigenvalue weighted by Crippen LogP contribution is 2.45. The van der Waals surface area contributed by atoms with Gasteiger partial charge >= 0.3 is 0 Å². The van der Waals surface area contributed by atoms with Gasteiger partial charge in [-0.3, -0.25) is 0 Å². The van der Waals surface area contributed by atoms with Gasteiger partial charge in [0.05, 0.1) is 6.61 Å². The molecule has 3 atom stereocenters. The van der Waals surface area contributed by atoms with E-state index in [-0.39, 0.29) is 5.54 Å². The number of methoxy groups -OCH3 is 1. The minimum absolute atomic E-state index is 0.0306. The molecule has 15 heavy (non-hydrogen) atoms. The van der Waals surface area contributed by atoms with Crippen molar-refractivity contribution in [2.45, 2.75) is 52.5 Å². The first-order chi connectivity index (χ1) is 6.79. The first-order valence-electron chi connectivity index (χ1n) is 6.07. The van der Waals surface area contributed by atoms with Crippen molar-refractivity contribution < 1.29 is 4.74 Å². The van der Waals surface area contributed by atoms with Crippen LogP contribution in [0.4, 0.5) is 0 Å². The lowest BCUT2D eigenvalue weighted by Gasteiger charge is -2.48. The second kappa shape index (κ2) is 4.42. The summed E-state index contributed by atoms with van der Waals surface area (Å²) in [5.41, 5.74) is 6.93. The van der Waals surface area contributed by atoms with Crippen LogP contribution in [-0.2, 0) is 4.74 Å². The summed E-state index contributed by atoms with van der Waals surface area (Å²) in [6, 6.07) is 0. The van der Waals surface area contributed by atoms with Gasteiger partial charge in [-0.2, -0.15) is 0 Å². The Kier molecular flexibility index (Phi) is 3.83. The van der Waals surface area contributed by atoms with Gasteiger partial charge < -0.3 is 10.5 Å². The molecule has 0 amide bonds. The van der Waals surface area contributed by atoms with Gasteiger partial charge in [0.2, 0.25) is 0 Å². The summed E-state index contributed by atoms with van der Waals surface area (Å²) < 4.78 is 5.25. The SMILES string of the molecule is COCC(C)C1(N)CC(C)CC(C)(C)C1. The number of ether oxygens (including phenoxy) is 1. The number of hydrogen-bond acceptors (Lipinski definition) is 2. The highest BCUT2D eigenvalue weighted by atomic mass is 16.5. The first-order valence-corrected chi connectivity index (χ1v) is 6.07. The molecule has 0 spiro atoms. The Labute approximate surface area is 94.6 Å². The van der Waals surface area contributed by atoms with Crippen LogP contribution in [0.2, 0.25) is 0 Å². The van der Waals surface area contributed by atoms with E-state index in [1.165, 1.54) is 6.42 Å². The molecule has 2 N–H and O–H groups in total. The third kappa shape index (κ3) is 3.18. The molecule has 0 bridgehead atoms. The van der Waals surface area contributed by atoms with E-state index in [9.17, 15) is 0 Å². The molecule has 1 aliphatic rings. The zero-order valence-corrected chi connectivity index (χ0v) is 11.0. The molecule has 0 aromatic rings. The zero-order valence-electron chi connectivity index (χ0n) is 11.0. The van der Waals surface area contributed by atoms with E-state index in [2.05, 4.69) is 27.7 Å². The highest BCUT2D eigenvalue weighted by molar-refractivity contribution is 4.99. The van der Waals surface area contributed by atoms with Crippen LogP contribution in [-0.4, -0.2) is 19.3 Å². The predicted molar refractivity (Wildman–Crippen MR) is 64.8 cm³/mol. The van der Waals surface area contributed by atoms with Gasteiger partial charge in [0.15, 0.2) is 0 Å². The average molecular weight is 213 g/mol. The smallest absolute Gasteiger partial charge is 0.0505 e. The van der Waals surface area contributed by atoms with Crippen LogP contribution in [0.1, 0.15) is 47.0 Å². The van der Waals surface area contributed by atoms with Gasteiger partial charge in [0, 0.05) is 12.6 Å². The Morgan fingerprint density at radius 1 is 1.40 bits per heavy atom. The molecule has 0 radical (unpaired) electrons. The molecular weight excluding hydrogens is 186 g/mol. The fourth-order valence-electron chi connectivity index (χ4n) is 3.49. The molecule has 0 saturated heterocycles. The minimum atomic E-state index is -0.0306. The lowest BCUT2D eigenvalue weighted by Crippen LogP contribution is -2.54. The second-order valence-corrected chi connectivity index (χ2v) is 6.44. The third-order valence-corrected chi connectivity index (χ3v) is 3.84. The predicted octanol–water partition coefficient (Wildman–Crippen LogP) is 2.81. The van der Waals surface area contributed by atoms with Gasteiger partial charge in [-0.15, -0.1) is 0 Å². The Bertz CT molecular complexity index is 215. The maximum absolute atomic E-state index is 6.57. The fraction of sp³-hybridized carbons (Fsp3) is 1.00. The average Bonchev–Trinajstić information content (AvgIpc) is 1.99. The van der Waals surface area contributed by atoms with Crippen LogP contribution in [0.25, 0.3) is 0 Å². The van der Waals surface area contributed by atoms with E-state index in [0.29, 0.717) is 11.3 Å². The molecule has 1 rings (SSSR count). The zero-order chi connectivity index (χ0) is 11.7. The summed E-state index contributed by atoms with van der Waals surface area (Å²) in [7, 11) is 1.76. The molecule has 1 saturated carbocycles. The Balaban J connectivity index is 2.74. The largest absolute Gasteiger partial charge is 0.384 e. The van der Waals surface area contributed by atoms with Crippen LogP contribution in [0, 0.1) is 17.3 Å². The van der Waals surface area contributed by atoms with Crippen molar-refractivity contribution >= 4 is 0 Å². The maximum Gasteiger partial charge on any atom is 0.0505 e. The van der Waals surface area contributed by atoms with Gasteiger partial charge in [-0.25, -0.2) is 0 Å².